The molecule has 0 spiro atoms. The summed E-state index contributed by atoms with van der Waals surface area (Å²) in [5.74, 6) is 0.606. The van der Waals surface area contributed by atoms with Crippen LogP contribution in [0.1, 0.15) is 20.3 Å². The monoisotopic (exact) mass is 211 g/mol. The summed E-state index contributed by atoms with van der Waals surface area (Å²) in [4.78, 5) is 14.2. The summed E-state index contributed by atoms with van der Waals surface area (Å²) in [7, 11) is 0. The highest BCUT2D eigenvalue weighted by Crippen LogP contribution is 2.19. The Kier molecular flexibility index (Phi) is 3.26. The van der Waals surface area contributed by atoms with Crippen molar-refractivity contribution in [1.82, 2.24) is 15.5 Å². The van der Waals surface area contributed by atoms with Gasteiger partial charge in [-0.1, -0.05) is 13.8 Å². The molecule has 0 aromatic rings. The number of hydrogen-bond donors (Lipinski definition) is 2. The van der Waals surface area contributed by atoms with Crippen LogP contribution in [0.25, 0.3) is 0 Å². The standard InChI is InChI=1S/C11H21N3O/c1-8(2)10-11(15)13-5-6-14(10)9-3-4-12-7-9/h8-10,12H,3-7H2,1-2H3,(H,13,15). The number of carbonyl (C=O) groups is 1. The Morgan fingerprint density at radius 2 is 2.20 bits per heavy atom. The van der Waals surface area contributed by atoms with Crippen LogP contribution in [0.5, 0.6) is 0 Å². The van der Waals surface area contributed by atoms with Gasteiger partial charge >= 0.3 is 0 Å². The van der Waals surface area contributed by atoms with E-state index in [1.54, 1.807) is 0 Å². The maximum atomic E-state index is 11.8. The quantitative estimate of drug-likeness (QED) is 0.665. The summed E-state index contributed by atoms with van der Waals surface area (Å²) in [5, 5.41) is 6.34. The molecule has 2 unspecified atom stereocenters. The van der Waals surface area contributed by atoms with Crippen molar-refractivity contribution in [1.29, 1.82) is 0 Å². The fourth-order valence-electron chi connectivity index (χ4n) is 2.72. The van der Waals surface area contributed by atoms with Crippen LogP contribution in [0.4, 0.5) is 0 Å². The average molecular weight is 211 g/mol. The van der Waals surface area contributed by atoms with Crippen molar-refractivity contribution >= 4 is 5.91 Å². The second-order valence-electron chi connectivity index (χ2n) is 4.86. The zero-order valence-electron chi connectivity index (χ0n) is 9.62. The zero-order chi connectivity index (χ0) is 10.8. The first kappa shape index (κ1) is 10.9. The van der Waals surface area contributed by atoms with Crippen LogP contribution in [0.3, 0.4) is 0 Å². The van der Waals surface area contributed by atoms with Crippen molar-refractivity contribution in [3.8, 4) is 0 Å². The summed E-state index contributed by atoms with van der Waals surface area (Å²) in [6.45, 7) is 8.19. The van der Waals surface area contributed by atoms with Crippen LogP contribution in [0, 0.1) is 5.92 Å². The van der Waals surface area contributed by atoms with Crippen molar-refractivity contribution in [3.05, 3.63) is 0 Å². The number of nitrogens with one attached hydrogen (secondary N) is 2. The predicted octanol–water partition coefficient (Wildman–Crippen LogP) is -0.195. The largest absolute Gasteiger partial charge is 0.353 e. The Morgan fingerprint density at radius 1 is 1.40 bits per heavy atom. The first-order valence-corrected chi connectivity index (χ1v) is 5.94. The summed E-state index contributed by atoms with van der Waals surface area (Å²) >= 11 is 0. The molecule has 2 N–H and O–H groups in total. The fraction of sp³-hybridized carbons (Fsp3) is 0.909. The molecule has 0 aliphatic carbocycles. The van der Waals surface area contributed by atoms with Gasteiger partial charge in [-0.15, -0.1) is 0 Å². The lowest BCUT2D eigenvalue weighted by molar-refractivity contribution is -0.132. The predicted molar refractivity (Wildman–Crippen MR) is 59.6 cm³/mol. The second kappa shape index (κ2) is 4.49. The van der Waals surface area contributed by atoms with E-state index in [1.165, 1.54) is 6.42 Å². The zero-order valence-corrected chi connectivity index (χ0v) is 9.62. The second-order valence-corrected chi connectivity index (χ2v) is 4.86. The number of rotatable bonds is 2. The maximum Gasteiger partial charge on any atom is 0.237 e. The first-order chi connectivity index (χ1) is 7.20. The lowest BCUT2D eigenvalue weighted by Gasteiger charge is -2.40. The molecule has 2 rings (SSSR count). The Balaban J connectivity index is 2.08. The molecule has 0 radical (unpaired) electrons. The van der Waals surface area contributed by atoms with E-state index >= 15 is 0 Å². The maximum absolute atomic E-state index is 11.8. The lowest BCUT2D eigenvalue weighted by atomic mass is 9.97. The van der Waals surface area contributed by atoms with Gasteiger partial charge in [0.15, 0.2) is 0 Å². The van der Waals surface area contributed by atoms with E-state index in [-0.39, 0.29) is 11.9 Å². The minimum atomic E-state index is 0.0728. The van der Waals surface area contributed by atoms with Crippen molar-refractivity contribution in [2.24, 2.45) is 5.92 Å². The molecular formula is C11H21N3O. The smallest absolute Gasteiger partial charge is 0.237 e. The molecule has 0 saturated carbocycles. The summed E-state index contributed by atoms with van der Waals surface area (Å²) < 4.78 is 0. The first-order valence-electron chi connectivity index (χ1n) is 5.94. The van der Waals surface area contributed by atoms with E-state index in [0.717, 1.165) is 26.2 Å². The molecule has 86 valence electrons. The van der Waals surface area contributed by atoms with E-state index in [2.05, 4.69) is 29.4 Å². The Morgan fingerprint density at radius 3 is 2.80 bits per heavy atom. The highest BCUT2D eigenvalue weighted by Gasteiger charge is 2.36. The molecule has 2 fully saturated rings. The van der Waals surface area contributed by atoms with Gasteiger partial charge in [-0.2, -0.15) is 0 Å². The molecule has 4 heteroatoms. The number of carbonyl (C=O) groups excluding carboxylic acids is 1. The molecule has 2 atom stereocenters. The Bertz CT molecular complexity index is 236. The number of amides is 1. The number of nitrogens with zero attached hydrogens (tertiary/aromatic N) is 1. The van der Waals surface area contributed by atoms with Crippen LogP contribution in [0.2, 0.25) is 0 Å². The van der Waals surface area contributed by atoms with Crippen LogP contribution >= 0.6 is 0 Å². The third-order valence-electron chi connectivity index (χ3n) is 3.43. The SMILES string of the molecule is CC(C)C1C(=O)NCCN1C1CCNC1. The van der Waals surface area contributed by atoms with Gasteiger partial charge in [0.1, 0.15) is 0 Å². The lowest BCUT2D eigenvalue weighted by Crippen LogP contribution is -2.60. The molecule has 2 aliphatic heterocycles. The third-order valence-corrected chi connectivity index (χ3v) is 3.43. The molecule has 0 aromatic heterocycles. The van der Waals surface area contributed by atoms with E-state index in [9.17, 15) is 4.79 Å². The highest BCUT2D eigenvalue weighted by molar-refractivity contribution is 5.82. The van der Waals surface area contributed by atoms with Gasteiger partial charge in [0.25, 0.3) is 0 Å². The number of piperazine rings is 1. The van der Waals surface area contributed by atoms with Crippen LogP contribution in [-0.4, -0.2) is 49.1 Å². The van der Waals surface area contributed by atoms with Gasteiger partial charge in [-0.25, -0.2) is 0 Å². The van der Waals surface area contributed by atoms with Gasteiger partial charge in [0.2, 0.25) is 5.91 Å². The van der Waals surface area contributed by atoms with E-state index in [4.69, 9.17) is 0 Å². The Labute approximate surface area is 91.4 Å². The van der Waals surface area contributed by atoms with Crippen molar-refractivity contribution in [3.63, 3.8) is 0 Å². The summed E-state index contributed by atoms with van der Waals surface area (Å²) in [6, 6.07) is 0.632. The molecular weight excluding hydrogens is 190 g/mol. The van der Waals surface area contributed by atoms with Crippen LogP contribution in [0.15, 0.2) is 0 Å². The third kappa shape index (κ3) is 2.16. The number of hydrogen-bond acceptors (Lipinski definition) is 3. The van der Waals surface area contributed by atoms with Gasteiger partial charge in [-0.05, 0) is 18.9 Å². The van der Waals surface area contributed by atoms with E-state index < -0.39 is 0 Å². The minimum absolute atomic E-state index is 0.0728. The fourth-order valence-corrected chi connectivity index (χ4v) is 2.72. The van der Waals surface area contributed by atoms with Crippen molar-refractivity contribution in [2.45, 2.75) is 32.4 Å². The molecule has 0 bridgehead atoms. The van der Waals surface area contributed by atoms with Crippen molar-refractivity contribution in [2.75, 3.05) is 26.2 Å². The van der Waals surface area contributed by atoms with Gasteiger partial charge in [-0.3, -0.25) is 9.69 Å². The molecule has 2 aliphatic rings. The topological polar surface area (TPSA) is 44.4 Å². The van der Waals surface area contributed by atoms with Gasteiger partial charge in [0.05, 0.1) is 6.04 Å². The van der Waals surface area contributed by atoms with Crippen LogP contribution < -0.4 is 10.6 Å². The molecule has 2 heterocycles. The minimum Gasteiger partial charge on any atom is -0.353 e. The van der Waals surface area contributed by atoms with Gasteiger partial charge < -0.3 is 10.6 Å². The molecule has 15 heavy (non-hydrogen) atoms. The summed E-state index contributed by atoms with van der Waals surface area (Å²) in [5.41, 5.74) is 0. The highest BCUT2D eigenvalue weighted by atomic mass is 16.2. The van der Waals surface area contributed by atoms with E-state index in [0.29, 0.717) is 12.0 Å². The van der Waals surface area contributed by atoms with Crippen LogP contribution in [-0.2, 0) is 4.79 Å². The van der Waals surface area contributed by atoms with Crippen molar-refractivity contribution < 1.29 is 4.79 Å². The molecule has 4 nitrogen and oxygen atoms in total. The average Bonchev–Trinajstić information content (AvgIpc) is 2.69. The molecule has 2 saturated heterocycles. The molecule has 1 amide bonds. The normalized spacial score (nSPS) is 33.4. The van der Waals surface area contributed by atoms with E-state index in [1.807, 2.05) is 0 Å². The molecule has 0 aromatic carbocycles. The summed E-state index contributed by atoms with van der Waals surface area (Å²) in [6.07, 6.45) is 1.18. The van der Waals surface area contributed by atoms with Gasteiger partial charge in [0, 0.05) is 25.7 Å². The Hall–Kier alpha value is -0.610.